The Kier molecular flexibility index (Phi) is 4.41. The molecule has 0 aliphatic carbocycles. The zero-order valence-corrected chi connectivity index (χ0v) is 12.5. The van der Waals surface area contributed by atoms with Gasteiger partial charge in [-0.05, 0) is 12.5 Å². The first kappa shape index (κ1) is 14.4. The number of hydrogen-bond donors (Lipinski definition) is 0. The average Bonchev–Trinajstić information content (AvgIpc) is 2.56. The van der Waals surface area contributed by atoms with Crippen molar-refractivity contribution in [2.75, 3.05) is 46.0 Å². The summed E-state index contributed by atoms with van der Waals surface area (Å²) >= 11 is 0. The van der Waals surface area contributed by atoms with Crippen molar-refractivity contribution in [2.45, 2.75) is 13.0 Å². The smallest absolute Gasteiger partial charge is 0.320 e. The number of ether oxygens (including phenoxy) is 2. The third kappa shape index (κ3) is 3.36. The molecule has 114 valence electrons. The second-order valence-electron chi connectivity index (χ2n) is 5.60. The maximum atomic E-state index is 12.5. The van der Waals surface area contributed by atoms with Crippen molar-refractivity contribution in [1.29, 1.82) is 0 Å². The van der Waals surface area contributed by atoms with Crippen LogP contribution in [0.3, 0.4) is 0 Å². The minimum absolute atomic E-state index is 0.0238. The van der Waals surface area contributed by atoms with E-state index in [9.17, 15) is 4.79 Å². The number of carbonyl (C=O) groups is 1. The van der Waals surface area contributed by atoms with Crippen LogP contribution in [0, 0.1) is 6.92 Å². The predicted molar refractivity (Wildman–Crippen MR) is 79.2 cm³/mol. The van der Waals surface area contributed by atoms with Crippen molar-refractivity contribution in [3.8, 4) is 0 Å². The van der Waals surface area contributed by atoms with Gasteiger partial charge in [-0.1, -0.05) is 29.8 Å². The van der Waals surface area contributed by atoms with E-state index in [1.807, 2.05) is 9.80 Å². The van der Waals surface area contributed by atoms with Gasteiger partial charge < -0.3 is 19.3 Å². The van der Waals surface area contributed by atoms with Gasteiger partial charge in [0.25, 0.3) is 0 Å². The summed E-state index contributed by atoms with van der Waals surface area (Å²) in [5.74, 6) is 0. The quantitative estimate of drug-likeness (QED) is 0.792. The van der Waals surface area contributed by atoms with Crippen LogP contribution in [0.25, 0.3) is 0 Å². The van der Waals surface area contributed by atoms with Crippen molar-refractivity contribution in [2.24, 2.45) is 0 Å². The van der Waals surface area contributed by atoms with Gasteiger partial charge in [-0.15, -0.1) is 0 Å². The van der Waals surface area contributed by atoms with Crippen LogP contribution in [0.2, 0.25) is 0 Å². The molecule has 1 atom stereocenters. The standard InChI is InChI=1S/C16H22N2O3/c1-13-2-4-14(5-3-13)15-12-18(8-11-21-15)16(19)17-6-9-20-10-7-17/h2-5,15H,6-12H2,1H3. The van der Waals surface area contributed by atoms with E-state index >= 15 is 0 Å². The normalized spacial score (nSPS) is 23.2. The SMILES string of the molecule is Cc1ccc(C2CN(C(=O)N3CCOCC3)CCO2)cc1. The van der Waals surface area contributed by atoms with Crippen LogP contribution in [0.4, 0.5) is 4.79 Å². The Morgan fingerprint density at radius 1 is 1.05 bits per heavy atom. The van der Waals surface area contributed by atoms with Gasteiger partial charge >= 0.3 is 6.03 Å². The highest BCUT2D eigenvalue weighted by Crippen LogP contribution is 2.23. The van der Waals surface area contributed by atoms with E-state index in [1.54, 1.807) is 0 Å². The summed E-state index contributed by atoms with van der Waals surface area (Å²) in [4.78, 5) is 16.3. The molecule has 5 heteroatoms. The van der Waals surface area contributed by atoms with Crippen LogP contribution in [0.15, 0.2) is 24.3 Å². The average molecular weight is 290 g/mol. The highest BCUT2D eigenvalue weighted by molar-refractivity contribution is 5.74. The van der Waals surface area contributed by atoms with Crippen molar-refractivity contribution in [1.82, 2.24) is 9.80 Å². The van der Waals surface area contributed by atoms with Crippen molar-refractivity contribution >= 4 is 6.03 Å². The maximum absolute atomic E-state index is 12.5. The molecular weight excluding hydrogens is 268 g/mol. The molecule has 21 heavy (non-hydrogen) atoms. The summed E-state index contributed by atoms with van der Waals surface area (Å²) in [6, 6.07) is 8.45. The number of aryl methyl sites for hydroxylation is 1. The highest BCUT2D eigenvalue weighted by Gasteiger charge is 2.29. The Labute approximate surface area is 125 Å². The van der Waals surface area contributed by atoms with Crippen LogP contribution in [-0.2, 0) is 9.47 Å². The zero-order chi connectivity index (χ0) is 14.7. The third-order valence-electron chi connectivity index (χ3n) is 4.07. The summed E-state index contributed by atoms with van der Waals surface area (Å²) in [6.07, 6.45) is -0.0238. The van der Waals surface area contributed by atoms with Crippen LogP contribution >= 0.6 is 0 Å². The van der Waals surface area contributed by atoms with Crippen molar-refractivity contribution in [3.63, 3.8) is 0 Å². The van der Waals surface area contributed by atoms with E-state index in [4.69, 9.17) is 9.47 Å². The zero-order valence-electron chi connectivity index (χ0n) is 12.5. The van der Waals surface area contributed by atoms with Gasteiger partial charge in [0.1, 0.15) is 6.10 Å². The Balaban J connectivity index is 1.64. The molecule has 0 spiro atoms. The summed E-state index contributed by atoms with van der Waals surface area (Å²) in [7, 11) is 0. The van der Waals surface area contributed by atoms with E-state index in [0.717, 1.165) is 5.56 Å². The molecule has 5 nitrogen and oxygen atoms in total. The lowest BCUT2D eigenvalue weighted by Crippen LogP contribution is -2.51. The van der Waals surface area contributed by atoms with Crippen LogP contribution in [0.5, 0.6) is 0 Å². The van der Waals surface area contributed by atoms with E-state index < -0.39 is 0 Å². The van der Waals surface area contributed by atoms with Crippen LogP contribution < -0.4 is 0 Å². The largest absolute Gasteiger partial charge is 0.378 e. The number of benzene rings is 1. The van der Waals surface area contributed by atoms with Crippen LogP contribution in [0.1, 0.15) is 17.2 Å². The van der Waals surface area contributed by atoms with E-state index in [1.165, 1.54) is 5.56 Å². The molecule has 2 heterocycles. The second kappa shape index (κ2) is 6.45. The second-order valence-corrected chi connectivity index (χ2v) is 5.60. The topological polar surface area (TPSA) is 42.0 Å². The van der Waals surface area contributed by atoms with Gasteiger partial charge in [-0.25, -0.2) is 4.79 Å². The molecule has 2 saturated heterocycles. The molecule has 1 aromatic rings. The number of morpholine rings is 2. The number of carbonyl (C=O) groups excluding carboxylic acids is 1. The van der Waals surface area contributed by atoms with Crippen molar-refractivity contribution < 1.29 is 14.3 Å². The molecule has 0 aromatic heterocycles. The minimum Gasteiger partial charge on any atom is -0.378 e. The molecule has 2 fully saturated rings. The summed E-state index contributed by atoms with van der Waals surface area (Å²) in [5, 5.41) is 0. The lowest BCUT2D eigenvalue weighted by Gasteiger charge is -2.37. The summed E-state index contributed by atoms with van der Waals surface area (Å²) in [5.41, 5.74) is 2.37. The molecule has 0 saturated carbocycles. The Morgan fingerprint density at radius 3 is 2.43 bits per heavy atom. The van der Waals surface area contributed by atoms with Gasteiger partial charge in [-0.3, -0.25) is 0 Å². The molecule has 0 N–H and O–H groups in total. The fraction of sp³-hybridized carbons (Fsp3) is 0.562. The van der Waals surface area contributed by atoms with E-state index in [0.29, 0.717) is 46.0 Å². The fourth-order valence-corrected chi connectivity index (χ4v) is 2.76. The van der Waals surface area contributed by atoms with Gasteiger partial charge in [0.15, 0.2) is 0 Å². The Morgan fingerprint density at radius 2 is 1.71 bits per heavy atom. The van der Waals surface area contributed by atoms with E-state index in [2.05, 4.69) is 31.2 Å². The van der Waals surface area contributed by atoms with Gasteiger partial charge in [0.05, 0.1) is 26.4 Å². The first-order valence-corrected chi connectivity index (χ1v) is 7.54. The third-order valence-corrected chi connectivity index (χ3v) is 4.07. The lowest BCUT2D eigenvalue weighted by molar-refractivity contribution is -0.0265. The molecule has 0 bridgehead atoms. The van der Waals surface area contributed by atoms with Gasteiger partial charge in [0, 0.05) is 19.6 Å². The summed E-state index contributed by atoms with van der Waals surface area (Å²) < 4.78 is 11.1. The fourth-order valence-electron chi connectivity index (χ4n) is 2.76. The molecule has 2 amide bonds. The molecule has 3 rings (SSSR count). The number of rotatable bonds is 1. The van der Waals surface area contributed by atoms with Gasteiger partial charge in [-0.2, -0.15) is 0 Å². The molecular formula is C16H22N2O3. The number of urea groups is 1. The molecule has 2 aliphatic heterocycles. The van der Waals surface area contributed by atoms with E-state index in [-0.39, 0.29) is 12.1 Å². The number of nitrogens with zero attached hydrogens (tertiary/aromatic N) is 2. The number of amides is 2. The molecule has 2 aliphatic rings. The molecule has 1 aromatic carbocycles. The minimum atomic E-state index is -0.0238. The first-order chi connectivity index (χ1) is 10.2. The lowest BCUT2D eigenvalue weighted by atomic mass is 10.1. The number of hydrogen-bond acceptors (Lipinski definition) is 3. The maximum Gasteiger partial charge on any atom is 0.320 e. The van der Waals surface area contributed by atoms with Gasteiger partial charge in [0.2, 0.25) is 0 Å². The van der Waals surface area contributed by atoms with Crippen LogP contribution in [-0.4, -0.2) is 61.8 Å². The molecule has 0 radical (unpaired) electrons. The first-order valence-electron chi connectivity index (χ1n) is 7.54. The van der Waals surface area contributed by atoms with Crippen molar-refractivity contribution in [3.05, 3.63) is 35.4 Å². The highest BCUT2D eigenvalue weighted by atomic mass is 16.5. The monoisotopic (exact) mass is 290 g/mol. The summed E-state index contributed by atoms with van der Waals surface area (Å²) in [6.45, 7) is 6.60. The Hall–Kier alpha value is -1.59. The molecule has 1 unspecified atom stereocenters. The Bertz CT molecular complexity index is 483. The predicted octanol–water partition coefficient (Wildman–Crippen LogP) is 1.82.